The molecule has 37 heavy (non-hydrogen) atoms. The molecule has 7 nitrogen and oxygen atoms in total. The maximum atomic E-state index is 13.3. The molecule has 3 aromatic rings. The van der Waals surface area contributed by atoms with Gasteiger partial charge in [0.1, 0.15) is 0 Å². The predicted molar refractivity (Wildman–Crippen MR) is 149 cm³/mol. The molecule has 1 amide bonds. The Kier molecular flexibility index (Phi) is 8.65. The highest BCUT2D eigenvalue weighted by Gasteiger charge is 2.31. The van der Waals surface area contributed by atoms with Gasteiger partial charge in [-0.25, -0.2) is 4.98 Å². The number of carbonyl (C=O) groups is 1. The van der Waals surface area contributed by atoms with E-state index in [1.54, 1.807) is 16.7 Å². The summed E-state index contributed by atoms with van der Waals surface area (Å²) in [5.41, 5.74) is 8.26. The fourth-order valence-electron chi connectivity index (χ4n) is 4.55. The van der Waals surface area contributed by atoms with Crippen LogP contribution in [0.4, 0.5) is 5.82 Å². The Morgan fingerprint density at radius 1 is 1.16 bits per heavy atom. The molecule has 1 aliphatic carbocycles. The Morgan fingerprint density at radius 3 is 2.46 bits per heavy atom. The second-order valence-electron chi connectivity index (χ2n) is 9.21. The van der Waals surface area contributed by atoms with E-state index in [0.717, 1.165) is 36.8 Å². The molecule has 0 aliphatic heterocycles. The lowest BCUT2D eigenvalue weighted by Crippen LogP contribution is -2.43. The normalized spacial score (nSPS) is 14.1. The van der Waals surface area contributed by atoms with Gasteiger partial charge in [-0.1, -0.05) is 60.2 Å². The van der Waals surface area contributed by atoms with Gasteiger partial charge < -0.3 is 25.7 Å². The minimum absolute atomic E-state index is 0.256. The first kappa shape index (κ1) is 26.9. The number of carbonyl (C=O) groups excluding carboxylic acids is 1. The number of nitrogens with zero attached hydrogens (tertiary/aromatic N) is 2. The van der Waals surface area contributed by atoms with Gasteiger partial charge in [0.15, 0.2) is 23.1 Å². The number of rotatable bonds is 8. The number of imidazole rings is 1. The maximum Gasteiger partial charge on any atom is 0.271 e. The first-order valence-corrected chi connectivity index (χ1v) is 13.1. The lowest BCUT2D eigenvalue weighted by molar-refractivity contribution is 0.0947. The number of ether oxygens (including phenoxy) is 1. The molecule has 4 N–H and O–H groups in total. The molecule has 0 atom stereocenters. The van der Waals surface area contributed by atoms with E-state index in [1.807, 2.05) is 37.3 Å². The molecule has 2 aromatic carbocycles. The van der Waals surface area contributed by atoms with Gasteiger partial charge in [-0.2, -0.15) is 0 Å². The summed E-state index contributed by atoms with van der Waals surface area (Å²) in [6, 6.07) is 13.2. The summed E-state index contributed by atoms with van der Waals surface area (Å²) in [4.78, 5) is 18.1. The van der Waals surface area contributed by atoms with E-state index in [2.05, 4.69) is 22.5 Å². The Bertz CT molecular complexity index is 1300. The monoisotopic (exact) mass is 539 g/mol. The average Bonchev–Trinajstić information content (AvgIpc) is 3.46. The number of nitrogens with one attached hydrogen (secondary N) is 2. The molecule has 1 aliphatic rings. The van der Waals surface area contributed by atoms with Gasteiger partial charge >= 0.3 is 0 Å². The zero-order chi connectivity index (χ0) is 26.4. The minimum Gasteiger partial charge on any atom is -0.494 e. The molecular formula is C28H31Cl2N5O2. The van der Waals surface area contributed by atoms with E-state index in [1.165, 1.54) is 7.11 Å². The maximum absolute atomic E-state index is 13.3. The Hall–Kier alpha value is -3.18. The summed E-state index contributed by atoms with van der Waals surface area (Å²) in [5, 5.41) is 7.03. The number of benzene rings is 2. The summed E-state index contributed by atoms with van der Waals surface area (Å²) in [6.45, 7) is 3.13. The van der Waals surface area contributed by atoms with E-state index in [0.29, 0.717) is 46.2 Å². The van der Waals surface area contributed by atoms with Gasteiger partial charge in [-0.05, 0) is 55.5 Å². The van der Waals surface area contributed by atoms with Gasteiger partial charge in [0.2, 0.25) is 0 Å². The summed E-state index contributed by atoms with van der Waals surface area (Å²) in [7, 11) is 1.51. The number of anilines is 1. The number of halogens is 2. The number of aromatic nitrogens is 2. The van der Waals surface area contributed by atoms with Crippen LogP contribution in [-0.4, -0.2) is 41.2 Å². The standard InChI is InChI=1S/C28H31Cl2N5O2/c1-3-32-27(36)24-26(33-18-28(31)13-7-8-14-28)34-23(12-11-19-9-5-4-6-10-19)35(24)17-20-15-21(29)25(37-2)22(30)16-20/h4-6,9-10,15-16,33H,3,7-8,13-14,17-18,31H2,1-2H3,(H,32,36). The number of amides is 1. The number of hydrogen-bond acceptors (Lipinski definition) is 5. The summed E-state index contributed by atoms with van der Waals surface area (Å²) in [5.74, 6) is 7.34. The molecule has 4 rings (SSSR count). The first-order valence-electron chi connectivity index (χ1n) is 12.3. The molecule has 0 unspecified atom stereocenters. The van der Waals surface area contributed by atoms with E-state index in [9.17, 15) is 4.79 Å². The van der Waals surface area contributed by atoms with Crippen LogP contribution < -0.4 is 21.1 Å². The van der Waals surface area contributed by atoms with Crippen molar-refractivity contribution >= 4 is 34.9 Å². The van der Waals surface area contributed by atoms with Crippen LogP contribution in [0.2, 0.25) is 10.0 Å². The number of hydrogen-bond donors (Lipinski definition) is 3. The van der Waals surface area contributed by atoms with Crippen molar-refractivity contribution in [2.24, 2.45) is 5.73 Å². The highest BCUT2D eigenvalue weighted by atomic mass is 35.5. The highest BCUT2D eigenvalue weighted by Crippen LogP contribution is 2.34. The number of methoxy groups -OCH3 is 1. The molecule has 9 heteroatoms. The van der Waals surface area contributed by atoms with Crippen LogP contribution in [0.25, 0.3) is 0 Å². The third-order valence-corrected chi connectivity index (χ3v) is 6.98. The molecule has 194 valence electrons. The molecule has 0 spiro atoms. The lowest BCUT2D eigenvalue weighted by Gasteiger charge is -2.24. The van der Waals surface area contributed by atoms with Crippen molar-refractivity contribution in [3.05, 3.63) is 75.2 Å². The number of nitrogens with two attached hydrogens (primary N) is 1. The van der Waals surface area contributed by atoms with Crippen LogP contribution in [-0.2, 0) is 6.54 Å². The highest BCUT2D eigenvalue weighted by molar-refractivity contribution is 6.37. The predicted octanol–water partition coefficient (Wildman–Crippen LogP) is 5.08. The van der Waals surface area contributed by atoms with Crippen molar-refractivity contribution < 1.29 is 9.53 Å². The van der Waals surface area contributed by atoms with Crippen molar-refractivity contribution in [2.75, 3.05) is 25.5 Å². The summed E-state index contributed by atoms with van der Waals surface area (Å²) < 4.78 is 7.08. The largest absolute Gasteiger partial charge is 0.494 e. The van der Waals surface area contributed by atoms with Crippen LogP contribution in [0, 0.1) is 11.8 Å². The Morgan fingerprint density at radius 2 is 1.84 bits per heavy atom. The lowest BCUT2D eigenvalue weighted by atomic mass is 9.99. The molecule has 1 aromatic heterocycles. The summed E-state index contributed by atoms with van der Waals surface area (Å²) >= 11 is 12.8. The fourth-order valence-corrected chi connectivity index (χ4v) is 5.23. The van der Waals surface area contributed by atoms with Crippen molar-refractivity contribution in [3.63, 3.8) is 0 Å². The SMILES string of the molecule is CCNC(=O)c1c(NCC2(N)CCCC2)nc(C#Cc2ccccc2)n1Cc1cc(Cl)c(OC)c(Cl)c1. The molecule has 0 bridgehead atoms. The smallest absolute Gasteiger partial charge is 0.271 e. The third kappa shape index (κ3) is 6.40. The van der Waals surface area contributed by atoms with E-state index in [4.69, 9.17) is 38.7 Å². The molecule has 0 radical (unpaired) electrons. The Balaban J connectivity index is 1.80. The van der Waals surface area contributed by atoms with Gasteiger partial charge in [0.25, 0.3) is 5.91 Å². The first-order chi connectivity index (χ1) is 17.8. The van der Waals surface area contributed by atoms with Crippen LogP contribution in [0.15, 0.2) is 42.5 Å². The minimum atomic E-state index is -0.324. The van der Waals surface area contributed by atoms with Crippen LogP contribution >= 0.6 is 23.2 Å². The molecule has 0 saturated heterocycles. The zero-order valence-corrected chi connectivity index (χ0v) is 22.5. The van der Waals surface area contributed by atoms with E-state index >= 15 is 0 Å². The van der Waals surface area contributed by atoms with Gasteiger partial charge in [-0.3, -0.25) is 4.79 Å². The van der Waals surface area contributed by atoms with Crippen molar-refractivity contribution in [3.8, 4) is 17.6 Å². The molecule has 1 saturated carbocycles. The second kappa shape index (κ2) is 11.9. The van der Waals surface area contributed by atoms with Gasteiger partial charge in [0, 0.05) is 24.2 Å². The summed E-state index contributed by atoms with van der Waals surface area (Å²) in [6.07, 6.45) is 4.06. The fraction of sp³-hybridized carbons (Fsp3) is 0.357. The Labute approximate surface area is 227 Å². The van der Waals surface area contributed by atoms with Crippen molar-refractivity contribution in [1.82, 2.24) is 14.9 Å². The van der Waals surface area contributed by atoms with Crippen molar-refractivity contribution in [2.45, 2.75) is 44.7 Å². The van der Waals surface area contributed by atoms with Gasteiger partial charge in [0.05, 0.1) is 23.7 Å². The van der Waals surface area contributed by atoms with Gasteiger partial charge in [-0.15, -0.1) is 0 Å². The topological polar surface area (TPSA) is 94.2 Å². The zero-order valence-electron chi connectivity index (χ0n) is 21.0. The van der Waals surface area contributed by atoms with E-state index < -0.39 is 0 Å². The second-order valence-corrected chi connectivity index (χ2v) is 10.0. The molecule has 1 fully saturated rings. The quantitative estimate of drug-likeness (QED) is 0.347. The van der Waals surface area contributed by atoms with Crippen molar-refractivity contribution in [1.29, 1.82) is 0 Å². The van der Waals surface area contributed by atoms with Crippen LogP contribution in [0.5, 0.6) is 5.75 Å². The molecular weight excluding hydrogens is 509 g/mol. The molecule has 1 heterocycles. The van der Waals surface area contributed by atoms with Crippen LogP contribution in [0.3, 0.4) is 0 Å². The van der Waals surface area contributed by atoms with Crippen LogP contribution in [0.1, 0.15) is 60.0 Å². The van der Waals surface area contributed by atoms with E-state index in [-0.39, 0.29) is 18.0 Å². The average molecular weight is 540 g/mol. The third-order valence-electron chi connectivity index (χ3n) is 6.42.